The first-order chi connectivity index (χ1) is 13.6. The molecule has 0 saturated heterocycles. The quantitative estimate of drug-likeness (QED) is 0.523. The molecule has 28 heavy (non-hydrogen) atoms. The highest BCUT2D eigenvalue weighted by Crippen LogP contribution is 2.46. The van der Waals surface area contributed by atoms with Crippen LogP contribution in [-0.4, -0.2) is 38.9 Å². The van der Waals surface area contributed by atoms with Crippen molar-refractivity contribution in [3.05, 3.63) is 52.3 Å². The summed E-state index contributed by atoms with van der Waals surface area (Å²) in [4.78, 5) is 29.8. The van der Waals surface area contributed by atoms with Crippen LogP contribution >= 0.6 is 0 Å². The van der Waals surface area contributed by atoms with Gasteiger partial charge in [-0.15, -0.1) is 0 Å². The molecule has 6 nitrogen and oxygen atoms in total. The van der Waals surface area contributed by atoms with Crippen LogP contribution in [0.15, 0.2) is 24.4 Å². The number of fused-ring (bicyclic) bond motifs is 10. The Labute approximate surface area is 160 Å². The van der Waals surface area contributed by atoms with Gasteiger partial charge in [0.25, 0.3) is 5.91 Å². The Bertz CT molecular complexity index is 1360. The maximum atomic E-state index is 13.1. The van der Waals surface area contributed by atoms with Gasteiger partial charge in [0.15, 0.2) is 0 Å². The van der Waals surface area contributed by atoms with Crippen molar-refractivity contribution in [1.82, 2.24) is 19.7 Å². The molecule has 0 atom stereocenters. The lowest BCUT2D eigenvalue weighted by Crippen LogP contribution is -2.18. The molecule has 0 fully saturated rings. The smallest absolute Gasteiger partial charge is 0.254 e. The molecule has 2 aliphatic rings. The van der Waals surface area contributed by atoms with E-state index in [0.29, 0.717) is 12.1 Å². The molecule has 0 bridgehead atoms. The van der Waals surface area contributed by atoms with Crippen molar-refractivity contribution >= 4 is 34.0 Å². The number of carbonyl (C=O) groups is 2. The van der Waals surface area contributed by atoms with Crippen LogP contribution in [-0.2, 0) is 26.4 Å². The number of carbonyl (C=O) groups excluding carboxylic acids is 2. The number of aromatic nitrogens is 3. The molecule has 6 heteroatoms. The number of nitrogens with one attached hydrogen (secondary N) is 1. The van der Waals surface area contributed by atoms with Crippen LogP contribution in [0, 0.1) is 0 Å². The predicted molar refractivity (Wildman–Crippen MR) is 107 cm³/mol. The van der Waals surface area contributed by atoms with Gasteiger partial charge in [0.1, 0.15) is 6.29 Å². The molecule has 6 rings (SSSR count). The second-order valence-corrected chi connectivity index (χ2v) is 7.83. The molecule has 4 aromatic rings. The third kappa shape index (κ3) is 1.80. The minimum atomic E-state index is 0.0609. The summed E-state index contributed by atoms with van der Waals surface area (Å²) in [6.45, 7) is 0.575. The standard InChI is InChI=1S/C22H18N4O2/c1-25-8-15-19-13-7-11(10-27)3-5-16(13)23-21(19)12-4-6-17-14(9-26(2)24-17)18(12)20(15)22(25)28/h3,5,7,9-10,23H,4,6,8H2,1-2H3. The Morgan fingerprint density at radius 3 is 2.82 bits per heavy atom. The van der Waals surface area contributed by atoms with Gasteiger partial charge in [0.2, 0.25) is 0 Å². The molecule has 1 N–H and O–H groups in total. The molecule has 2 aromatic heterocycles. The first kappa shape index (κ1) is 15.6. The fourth-order valence-corrected chi connectivity index (χ4v) is 4.99. The van der Waals surface area contributed by atoms with E-state index in [4.69, 9.17) is 0 Å². The van der Waals surface area contributed by atoms with Gasteiger partial charge >= 0.3 is 0 Å². The number of aryl methyl sites for hydroxylation is 3. The summed E-state index contributed by atoms with van der Waals surface area (Å²) in [5.74, 6) is 0.0609. The molecule has 2 aromatic carbocycles. The molecule has 0 radical (unpaired) electrons. The number of hydrogen-bond donors (Lipinski definition) is 1. The average Bonchev–Trinajstić information content (AvgIpc) is 3.34. The normalized spacial score (nSPS) is 15.2. The summed E-state index contributed by atoms with van der Waals surface area (Å²) >= 11 is 0. The largest absolute Gasteiger partial charge is 0.354 e. The molecule has 3 heterocycles. The Balaban J connectivity index is 1.83. The van der Waals surface area contributed by atoms with Crippen LogP contribution in [0.3, 0.4) is 0 Å². The fourth-order valence-electron chi connectivity index (χ4n) is 4.99. The van der Waals surface area contributed by atoms with Gasteiger partial charge in [0, 0.05) is 59.8 Å². The van der Waals surface area contributed by atoms with E-state index in [9.17, 15) is 9.59 Å². The molecule has 0 saturated carbocycles. The molecule has 138 valence electrons. The van der Waals surface area contributed by atoms with E-state index in [1.165, 1.54) is 5.56 Å². The van der Waals surface area contributed by atoms with Crippen molar-refractivity contribution in [1.29, 1.82) is 0 Å². The number of benzene rings is 2. The molecule has 1 amide bonds. The summed E-state index contributed by atoms with van der Waals surface area (Å²) in [6, 6.07) is 5.71. The highest BCUT2D eigenvalue weighted by atomic mass is 16.2. The van der Waals surface area contributed by atoms with Crippen molar-refractivity contribution in [2.24, 2.45) is 7.05 Å². The lowest BCUT2D eigenvalue weighted by atomic mass is 9.83. The van der Waals surface area contributed by atoms with E-state index in [-0.39, 0.29) is 5.91 Å². The monoisotopic (exact) mass is 370 g/mol. The second kappa shape index (κ2) is 5.10. The van der Waals surface area contributed by atoms with E-state index in [1.54, 1.807) is 4.90 Å². The SMILES string of the molecule is CN1Cc2c(c3c(c4[nH]c5ccc(C=O)cc5c24)CCc2nn(C)cc2-3)C1=O. The molecule has 0 spiro atoms. The van der Waals surface area contributed by atoms with Crippen LogP contribution < -0.4 is 0 Å². The number of nitrogens with zero attached hydrogens (tertiary/aromatic N) is 3. The summed E-state index contributed by atoms with van der Waals surface area (Å²) in [7, 11) is 3.77. The zero-order valence-electron chi connectivity index (χ0n) is 15.7. The van der Waals surface area contributed by atoms with Crippen LogP contribution in [0.5, 0.6) is 0 Å². The number of amides is 1. The lowest BCUT2D eigenvalue weighted by molar-refractivity contribution is 0.0817. The third-order valence-electron chi connectivity index (χ3n) is 6.16. The fraction of sp³-hybridized carbons (Fsp3) is 0.227. The van der Waals surface area contributed by atoms with Crippen molar-refractivity contribution in [3.63, 3.8) is 0 Å². The number of rotatable bonds is 1. The van der Waals surface area contributed by atoms with Crippen LogP contribution in [0.25, 0.3) is 32.9 Å². The van der Waals surface area contributed by atoms with Crippen LogP contribution in [0.1, 0.15) is 37.5 Å². The van der Waals surface area contributed by atoms with Crippen LogP contribution in [0.2, 0.25) is 0 Å². The number of aromatic amines is 1. The van der Waals surface area contributed by atoms with Gasteiger partial charge in [-0.2, -0.15) is 5.10 Å². The van der Waals surface area contributed by atoms with Gasteiger partial charge in [-0.3, -0.25) is 14.3 Å². The zero-order valence-corrected chi connectivity index (χ0v) is 15.7. The lowest BCUT2D eigenvalue weighted by Gasteiger charge is -2.19. The van der Waals surface area contributed by atoms with Gasteiger partial charge in [0.05, 0.1) is 16.8 Å². The van der Waals surface area contributed by atoms with E-state index in [0.717, 1.165) is 68.9 Å². The van der Waals surface area contributed by atoms with Crippen molar-refractivity contribution in [2.75, 3.05) is 7.05 Å². The summed E-state index contributed by atoms with van der Waals surface area (Å²) in [5, 5.41) is 6.70. The average molecular weight is 370 g/mol. The third-order valence-corrected chi connectivity index (χ3v) is 6.16. The van der Waals surface area contributed by atoms with Crippen molar-refractivity contribution < 1.29 is 9.59 Å². The Kier molecular flexibility index (Phi) is 2.85. The molecular formula is C22H18N4O2. The molecule has 1 aliphatic carbocycles. The van der Waals surface area contributed by atoms with Crippen molar-refractivity contribution in [2.45, 2.75) is 19.4 Å². The van der Waals surface area contributed by atoms with Crippen LogP contribution in [0.4, 0.5) is 0 Å². The Morgan fingerprint density at radius 1 is 1.14 bits per heavy atom. The summed E-state index contributed by atoms with van der Waals surface area (Å²) < 4.78 is 1.83. The maximum Gasteiger partial charge on any atom is 0.254 e. The van der Waals surface area contributed by atoms with E-state index in [2.05, 4.69) is 10.1 Å². The summed E-state index contributed by atoms with van der Waals surface area (Å²) in [6.07, 6.45) is 4.60. The van der Waals surface area contributed by atoms with Gasteiger partial charge in [-0.05, 0) is 42.2 Å². The number of aldehydes is 1. The maximum absolute atomic E-state index is 13.1. The van der Waals surface area contributed by atoms with Crippen molar-refractivity contribution in [3.8, 4) is 11.1 Å². The number of hydrogen-bond acceptors (Lipinski definition) is 3. The zero-order chi connectivity index (χ0) is 19.2. The Morgan fingerprint density at radius 2 is 2.00 bits per heavy atom. The highest BCUT2D eigenvalue weighted by molar-refractivity contribution is 6.19. The minimum absolute atomic E-state index is 0.0609. The topological polar surface area (TPSA) is 71.0 Å². The van der Waals surface area contributed by atoms with Gasteiger partial charge in [-0.25, -0.2) is 0 Å². The Hall–Kier alpha value is -3.41. The molecule has 0 unspecified atom stereocenters. The molecular weight excluding hydrogens is 352 g/mol. The second-order valence-electron chi connectivity index (χ2n) is 7.83. The first-order valence-electron chi connectivity index (χ1n) is 9.43. The van der Waals surface area contributed by atoms with E-state index < -0.39 is 0 Å². The number of H-pyrrole nitrogens is 1. The molecule has 1 aliphatic heterocycles. The van der Waals surface area contributed by atoms with E-state index in [1.807, 2.05) is 43.2 Å². The van der Waals surface area contributed by atoms with Gasteiger partial charge < -0.3 is 9.88 Å². The first-order valence-corrected chi connectivity index (χ1v) is 9.43. The minimum Gasteiger partial charge on any atom is -0.354 e. The van der Waals surface area contributed by atoms with Gasteiger partial charge in [-0.1, -0.05) is 0 Å². The highest BCUT2D eigenvalue weighted by Gasteiger charge is 2.36. The summed E-state index contributed by atoms with van der Waals surface area (Å²) in [5.41, 5.74) is 8.92. The predicted octanol–water partition coefficient (Wildman–Crippen LogP) is 3.22. The van der Waals surface area contributed by atoms with E-state index >= 15 is 0 Å².